The van der Waals surface area contributed by atoms with E-state index in [-0.39, 0.29) is 36.0 Å². The second-order valence-corrected chi connectivity index (χ2v) is 10.3. The predicted octanol–water partition coefficient (Wildman–Crippen LogP) is 2.16. The van der Waals surface area contributed by atoms with Gasteiger partial charge in [0.05, 0.1) is 30.5 Å². The summed E-state index contributed by atoms with van der Waals surface area (Å²) in [5, 5.41) is 7.82. The van der Waals surface area contributed by atoms with Crippen LogP contribution in [0.5, 0.6) is 0 Å². The summed E-state index contributed by atoms with van der Waals surface area (Å²) in [6.45, 7) is 1.60. The van der Waals surface area contributed by atoms with E-state index in [0.29, 0.717) is 24.7 Å². The lowest BCUT2D eigenvalue weighted by atomic mass is 10.1. The summed E-state index contributed by atoms with van der Waals surface area (Å²) < 4.78 is 18.4. The molecule has 2 saturated heterocycles. The van der Waals surface area contributed by atoms with Crippen molar-refractivity contribution >= 4 is 39.8 Å². The number of rotatable bonds is 8. The van der Waals surface area contributed by atoms with Gasteiger partial charge in [0.2, 0.25) is 5.28 Å². The van der Waals surface area contributed by atoms with E-state index in [4.69, 9.17) is 35.4 Å². The number of hydrogen-bond acceptors (Lipinski definition) is 10. The molecule has 4 rings (SSSR count). The van der Waals surface area contributed by atoms with Crippen LogP contribution < -0.4 is 5.32 Å². The van der Waals surface area contributed by atoms with Crippen LogP contribution in [0.2, 0.25) is 5.28 Å². The Hall–Kier alpha value is -0.740. The molecule has 0 radical (unpaired) electrons. The molecule has 14 heteroatoms. The molecule has 2 aliphatic heterocycles. The van der Waals surface area contributed by atoms with Crippen LogP contribution in [0.25, 0.3) is 5.65 Å². The van der Waals surface area contributed by atoms with Crippen molar-refractivity contribution in [3.63, 3.8) is 0 Å². The van der Waals surface area contributed by atoms with Crippen LogP contribution in [0.1, 0.15) is 37.5 Å². The molecule has 3 unspecified atom stereocenters. The Labute approximate surface area is 180 Å². The summed E-state index contributed by atoms with van der Waals surface area (Å²) >= 11 is 6.17. The zero-order chi connectivity index (χ0) is 21.1. The van der Waals surface area contributed by atoms with Gasteiger partial charge >= 0.3 is 0 Å². The van der Waals surface area contributed by atoms with Crippen molar-refractivity contribution in [3.8, 4) is 0 Å². The van der Waals surface area contributed by atoms with Gasteiger partial charge in [0.15, 0.2) is 28.2 Å². The molecule has 166 valence electrons. The number of anilines is 1. The summed E-state index contributed by atoms with van der Waals surface area (Å²) in [6, 6.07) is 0.241. The number of halogens is 1. The molecule has 0 amide bonds. The number of aromatic nitrogens is 4. The van der Waals surface area contributed by atoms with Crippen LogP contribution >= 0.6 is 28.4 Å². The summed E-state index contributed by atoms with van der Waals surface area (Å²) in [7, 11) is -4.04. The van der Waals surface area contributed by atoms with E-state index in [1.165, 1.54) is 0 Å². The summed E-state index contributed by atoms with van der Waals surface area (Å²) in [6.07, 6.45) is 4.51. The van der Waals surface area contributed by atoms with Crippen LogP contribution in [0, 0.1) is 0 Å². The highest BCUT2D eigenvalue weighted by Crippen LogP contribution is 2.44. The first-order chi connectivity index (χ1) is 14.5. The fourth-order valence-corrected chi connectivity index (χ4v) is 5.28. The molecule has 2 aromatic heterocycles. The molecule has 4 N–H and O–H groups in total. The second kappa shape index (κ2) is 10.3. The van der Waals surface area contributed by atoms with E-state index < -0.39 is 16.8 Å². The van der Waals surface area contributed by atoms with Crippen LogP contribution in [0.15, 0.2) is 6.20 Å². The lowest BCUT2D eigenvalue weighted by Crippen LogP contribution is -2.28. The lowest BCUT2D eigenvalue weighted by molar-refractivity contribution is 0.0151. The molecule has 4 heterocycles. The zero-order valence-electron chi connectivity index (χ0n) is 16.1. The first-order valence-electron chi connectivity index (χ1n) is 9.65. The molecule has 2 aromatic rings. The molecule has 0 spiro atoms. The SMILES string of the molecule is OP(O)CP(O)OCC1CCC(c2cnc3c(NC4CCOCC4)nc(Cl)nn23)O1. The topological polar surface area (TPSA) is 143 Å². The number of ether oxygens (including phenoxy) is 2. The van der Waals surface area contributed by atoms with Gasteiger partial charge in [-0.2, -0.15) is 4.98 Å². The van der Waals surface area contributed by atoms with E-state index in [2.05, 4.69) is 20.4 Å². The van der Waals surface area contributed by atoms with Gasteiger partial charge < -0.3 is 34.0 Å². The Morgan fingerprint density at radius 1 is 1.23 bits per heavy atom. The van der Waals surface area contributed by atoms with E-state index in [1.807, 2.05) is 0 Å². The van der Waals surface area contributed by atoms with Crippen LogP contribution in [0.3, 0.4) is 0 Å². The number of nitrogens with zero attached hydrogens (tertiary/aromatic N) is 4. The highest BCUT2D eigenvalue weighted by molar-refractivity contribution is 7.63. The van der Waals surface area contributed by atoms with Crippen molar-refractivity contribution in [2.75, 3.05) is 31.0 Å². The molecule has 3 atom stereocenters. The fraction of sp³-hybridized carbons (Fsp3) is 0.688. The van der Waals surface area contributed by atoms with E-state index >= 15 is 0 Å². The molecular weight excluding hydrogens is 456 g/mol. The van der Waals surface area contributed by atoms with Crippen molar-refractivity contribution in [1.82, 2.24) is 19.6 Å². The average molecular weight is 480 g/mol. The van der Waals surface area contributed by atoms with Gasteiger partial charge in [-0.1, -0.05) is 0 Å². The fourth-order valence-electron chi connectivity index (χ4n) is 3.59. The van der Waals surface area contributed by atoms with E-state index in [9.17, 15) is 4.89 Å². The first kappa shape index (κ1) is 22.5. The second-order valence-electron chi connectivity index (χ2n) is 7.16. The smallest absolute Gasteiger partial charge is 0.243 e. The van der Waals surface area contributed by atoms with Crippen LogP contribution in [0.4, 0.5) is 5.82 Å². The Morgan fingerprint density at radius 3 is 2.80 bits per heavy atom. The van der Waals surface area contributed by atoms with Gasteiger partial charge in [-0.15, -0.1) is 5.10 Å². The van der Waals surface area contributed by atoms with Gasteiger partial charge in [0.1, 0.15) is 6.10 Å². The standard InChI is InChI=1S/C16H24ClN5O6P2/c17-16-20-14(19-10-3-5-26-6-4-10)15-18-7-12(22(15)21-16)13-2-1-11(28-13)8-27-30(25)9-29(23)24/h7,10-11,13,23-25H,1-6,8-9H2,(H,19,20,21). The van der Waals surface area contributed by atoms with E-state index in [1.54, 1.807) is 10.7 Å². The lowest BCUT2D eigenvalue weighted by Gasteiger charge is -2.23. The van der Waals surface area contributed by atoms with Crippen molar-refractivity contribution in [2.45, 2.75) is 43.9 Å². The Kier molecular flexibility index (Phi) is 7.67. The summed E-state index contributed by atoms with van der Waals surface area (Å²) in [4.78, 5) is 36.4. The number of nitrogens with one attached hydrogen (secondary N) is 1. The summed E-state index contributed by atoms with van der Waals surface area (Å²) in [5.41, 5.74) is 1.36. The molecule has 0 aromatic carbocycles. The van der Waals surface area contributed by atoms with Gasteiger partial charge in [0.25, 0.3) is 0 Å². The molecule has 2 aliphatic rings. The minimum absolute atomic E-state index is 0.115. The minimum Gasteiger partial charge on any atom is -0.381 e. The van der Waals surface area contributed by atoms with Gasteiger partial charge in [-0.05, 0) is 37.3 Å². The quantitative estimate of drug-likeness (QED) is 0.416. The molecule has 11 nitrogen and oxygen atoms in total. The third kappa shape index (κ3) is 5.54. The van der Waals surface area contributed by atoms with Crippen LogP contribution in [-0.2, 0) is 14.0 Å². The molecule has 0 bridgehead atoms. The molecule has 2 fully saturated rings. The van der Waals surface area contributed by atoms with E-state index in [0.717, 1.165) is 31.4 Å². The third-order valence-electron chi connectivity index (χ3n) is 5.02. The van der Waals surface area contributed by atoms with Gasteiger partial charge in [0, 0.05) is 19.3 Å². The maximum atomic E-state index is 9.69. The monoisotopic (exact) mass is 479 g/mol. The molecule has 30 heavy (non-hydrogen) atoms. The Morgan fingerprint density at radius 2 is 2.03 bits per heavy atom. The number of hydrogen-bond donors (Lipinski definition) is 4. The van der Waals surface area contributed by atoms with Gasteiger partial charge in [-0.25, -0.2) is 9.50 Å². The van der Waals surface area contributed by atoms with Crippen molar-refractivity contribution < 1.29 is 28.7 Å². The Balaban J connectivity index is 1.43. The van der Waals surface area contributed by atoms with Crippen molar-refractivity contribution in [1.29, 1.82) is 0 Å². The van der Waals surface area contributed by atoms with Gasteiger partial charge in [-0.3, -0.25) is 0 Å². The molecule has 0 saturated carbocycles. The van der Waals surface area contributed by atoms with Crippen molar-refractivity contribution in [3.05, 3.63) is 17.2 Å². The maximum absolute atomic E-state index is 9.69. The predicted molar refractivity (Wildman–Crippen MR) is 111 cm³/mol. The summed E-state index contributed by atoms with van der Waals surface area (Å²) in [5.74, 6) is 0.438. The highest BCUT2D eigenvalue weighted by Gasteiger charge is 2.31. The maximum Gasteiger partial charge on any atom is 0.243 e. The largest absolute Gasteiger partial charge is 0.381 e. The molecule has 0 aliphatic carbocycles. The zero-order valence-corrected chi connectivity index (χ0v) is 18.6. The highest BCUT2D eigenvalue weighted by atomic mass is 35.5. The number of imidazole rings is 1. The number of fused-ring (bicyclic) bond motifs is 1. The molecular formula is C16H24ClN5O6P2. The average Bonchev–Trinajstić information content (AvgIpc) is 3.33. The van der Waals surface area contributed by atoms with Crippen molar-refractivity contribution in [2.24, 2.45) is 0 Å². The van der Waals surface area contributed by atoms with Crippen LogP contribution in [-0.4, -0.2) is 72.1 Å². The third-order valence-corrected chi connectivity index (χ3v) is 7.61. The minimum atomic E-state index is -2.17. The first-order valence-corrected chi connectivity index (χ1v) is 12.9. The Bertz CT molecular complexity index is 855. The normalized spacial score (nSPS) is 24.0.